The molecular formula is C11H19N3O4S. The molecule has 0 aliphatic carbocycles. The molecule has 0 aliphatic rings. The minimum absolute atomic E-state index is 0.135. The van der Waals surface area contributed by atoms with E-state index in [1.54, 1.807) is 4.57 Å². The lowest BCUT2D eigenvalue weighted by atomic mass is 10.2. The highest BCUT2D eigenvalue weighted by Gasteiger charge is 2.31. The highest BCUT2D eigenvalue weighted by molar-refractivity contribution is 7.89. The molecule has 1 heterocycles. The summed E-state index contributed by atoms with van der Waals surface area (Å²) in [5.41, 5.74) is 0. The molecule has 0 aromatic carbocycles. The SMILES string of the molecule is CC(C)Cn1cnc(S(=O)(=O)N(C)C(C)C(=O)O)c1. The lowest BCUT2D eigenvalue weighted by molar-refractivity contribution is -0.140. The third kappa shape index (κ3) is 3.54. The fourth-order valence-electron chi connectivity index (χ4n) is 1.51. The van der Waals surface area contributed by atoms with Crippen LogP contribution in [0.1, 0.15) is 20.8 Å². The van der Waals surface area contributed by atoms with Crippen molar-refractivity contribution in [1.29, 1.82) is 0 Å². The van der Waals surface area contributed by atoms with E-state index in [4.69, 9.17) is 5.11 Å². The third-order valence-electron chi connectivity index (χ3n) is 2.73. The molecule has 1 aromatic heterocycles. The lowest BCUT2D eigenvalue weighted by Crippen LogP contribution is -2.40. The van der Waals surface area contributed by atoms with Gasteiger partial charge in [0.2, 0.25) is 0 Å². The molecule has 0 saturated carbocycles. The van der Waals surface area contributed by atoms with Crippen LogP contribution in [0.5, 0.6) is 0 Å². The fourth-order valence-corrected chi connectivity index (χ4v) is 2.76. The molecule has 7 nitrogen and oxygen atoms in total. The van der Waals surface area contributed by atoms with E-state index in [0.29, 0.717) is 12.5 Å². The number of carbonyl (C=O) groups is 1. The Hall–Kier alpha value is -1.41. The summed E-state index contributed by atoms with van der Waals surface area (Å²) in [7, 11) is -2.65. The number of hydrogen-bond acceptors (Lipinski definition) is 4. The largest absolute Gasteiger partial charge is 0.480 e. The maximum Gasteiger partial charge on any atom is 0.321 e. The molecule has 108 valence electrons. The van der Waals surface area contributed by atoms with E-state index in [1.807, 2.05) is 13.8 Å². The van der Waals surface area contributed by atoms with Gasteiger partial charge in [-0.1, -0.05) is 13.8 Å². The minimum Gasteiger partial charge on any atom is -0.480 e. The van der Waals surface area contributed by atoms with Crippen LogP contribution in [0.25, 0.3) is 0 Å². The van der Waals surface area contributed by atoms with Crippen molar-refractivity contribution in [2.45, 2.75) is 38.4 Å². The molecule has 0 amide bonds. The molecule has 0 bridgehead atoms. The summed E-state index contributed by atoms with van der Waals surface area (Å²) in [6, 6.07) is -1.14. The van der Waals surface area contributed by atoms with Crippen molar-refractivity contribution >= 4 is 16.0 Å². The molecular weight excluding hydrogens is 270 g/mol. The molecule has 0 saturated heterocycles. The van der Waals surface area contributed by atoms with Crippen LogP contribution in [0.15, 0.2) is 17.6 Å². The number of likely N-dealkylation sites (N-methyl/N-ethyl adjacent to an activating group) is 1. The second-order valence-electron chi connectivity index (χ2n) is 4.84. The fraction of sp³-hybridized carbons (Fsp3) is 0.636. The number of rotatable bonds is 6. The van der Waals surface area contributed by atoms with Gasteiger partial charge in [0.1, 0.15) is 6.04 Å². The Morgan fingerprint density at radius 3 is 2.53 bits per heavy atom. The van der Waals surface area contributed by atoms with Crippen LogP contribution in [0.2, 0.25) is 0 Å². The number of aliphatic carboxylic acids is 1. The Morgan fingerprint density at radius 2 is 2.05 bits per heavy atom. The Kier molecular flexibility index (Phi) is 4.70. The van der Waals surface area contributed by atoms with Gasteiger partial charge in [-0.25, -0.2) is 13.4 Å². The average Bonchev–Trinajstić information content (AvgIpc) is 2.74. The van der Waals surface area contributed by atoms with E-state index >= 15 is 0 Å². The first-order valence-electron chi connectivity index (χ1n) is 5.89. The van der Waals surface area contributed by atoms with Crippen molar-refractivity contribution in [1.82, 2.24) is 13.9 Å². The normalized spacial score (nSPS) is 14.0. The quantitative estimate of drug-likeness (QED) is 0.829. The minimum atomic E-state index is -3.88. The first-order valence-corrected chi connectivity index (χ1v) is 7.33. The number of hydrogen-bond donors (Lipinski definition) is 1. The Morgan fingerprint density at radius 1 is 1.47 bits per heavy atom. The van der Waals surface area contributed by atoms with Gasteiger partial charge in [-0.15, -0.1) is 0 Å². The van der Waals surface area contributed by atoms with Crippen LogP contribution in [-0.4, -0.2) is 46.4 Å². The zero-order valence-corrected chi connectivity index (χ0v) is 12.3. The number of sulfonamides is 1. The van der Waals surface area contributed by atoms with Crippen molar-refractivity contribution in [3.63, 3.8) is 0 Å². The molecule has 1 atom stereocenters. The highest BCUT2D eigenvalue weighted by atomic mass is 32.2. The van der Waals surface area contributed by atoms with Crippen LogP contribution in [0, 0.1) is 5.92 Å². The van der Waals surface area contributed by atoms with Gasteiger partial charge in [-0.2, -0.15) is 4.31 Å². The Bertz CT molecular complexity index is 550. The smallest absolute Gasteiger partial charge is 0.321 e. The van der Waals surface area contributed by atoms with Gasteiger partial charge < -0.3 is 9.67 Å². The van der Waals surface area contributed by atoms with Gasteiger partial charge in [0.15, 0.2) is 5.03 Å². The number of carboxylic acid groups (broad SMARTS) is 1. The molecule has 0 radical (unpaired) electrons. The van der Waals surface area contributed by atoms with Crippen LogP contribution in [0.3, 0.4) is 0 Å². The summed E-state index contributed by atoms with van der Waals surface area (Å²) in [5.74, 6) is -0.840. The van der Waals surface area contributed by atoms with E-state index < -0.39 is 22.0 Å². The number of carboxylic acids is 1. The van der Waals surface area contributed by atoms with Crippen LogP contribution in [0.4, 0.5) is 0 Å². The first-order chi connectivity index (χ1) is 8.66. The number of aromatic nitrogens is 2. The molecule has 8 heteroatoms. The van der Waals surface area contributed by atoms with Crippen LogP contribution in [-0.2, 0) is 21.4 Å². The molecule has 19 heavy (non-hydrogen) atoms. The van der Waals surface area contributed by atoms with Crippen LogP contribution >= 0.6 is 0 Å². The van der Waals surface area contributed by atoms with Crippen molar-refractivity contribution in [2.24, 2.45) is 5.92 Å². The van der Waals surface area contributed by atoms with E-state index in [2.05, 4.69) is 4.98 Å². The zero-order valence-electron chi connectivity index (χ0n) is 11.4. The summed E-state index contributed by atoms with van der Waals surface area (Å²) >= 11 is 0. The van der Waals surface area contributed by atoms with Crippen molar-refractivity contribution in [3.8, 4) is 0 Å². The topological polar surface area (TPSA) is 92.5 Å². The van der Waals surface area contributed by atoms with Crippen molar-refractivity contribution in [2.75, 3.05) is 7.05 Å². The Balaban J connectivity index is 3.00. The molecule has 0 aliphatic heterocycles. The van der Waals surface area contributed by atoms with E-state index in [-0.39, 0.29) is 5.03 Å². The molecule has 1 unspecified atom stereocenters. The molecule has 1 N–H and O–H groups in total. The Labute approximate surface area is 112 Å². The second-order valence-corrected chi connectivity index (χ2v) is 6.78. The molecule has 1 aromatic rings. The monoisotopic (exact) mass is 289 g/mol. The van der Waals surface area contributed by atoms with Gasteiger partial charge in [-0.3, -0.25) is 4.79 Å². The van der Waals surface area contributed by atoms with Gasteiger partial charge >= 0.3 is 5.97 Å². The summed E-state index contributed by atoms with van der Waals surface area (Å²) in [5, 5.41) is 8.72. The van der Waals surface area contributed by atoms with Gasteiger partial charge in [0, 0.05) is 19.8 Å². The first kappa shape index (κ1) is 15.6. The summed E-state index contributed by atoms with van der Waals surface area (Å²) in [4.78, 5) is 14.7. The average molecular weight is 289 g/mol. The maximum atomic E-state index is 12.2. The van der Waals surface area contributed by atoms with Gasteiger partial charge in [0.25, 0.3) is 10.0 Å². The number of imidazole rings is 1. The van der Waals surface area contributed by atoms with E-state index in [1.165, 1.54) is 26.5 Å². The predicted molar refractivity (Wildman–Crippen MR) is 69.1 cm³/mol. The van der Waals surface area contributed by atoms with Crippen molar-refractivity contribution in [3.05, 3.63) is 12.5 Å². The van der Waals surface area contributed by atoms with Crippen molar-refractivity contribution < 1.29 is 18.3 Å². The van der Waals surface area contributed by atoms with Gasteiger partial charge in [-0.05, 0) is 12.8 Å². The number of nitrogens with zero attached hydrogens (tertiary/aromatic N) is 3. The predicted octanol–water partition coefficient (Wildman–Crippen LogP) is 0.633. The molecule has 0 spiro atoms. The summed E-state index contributed by atoms with van der Waals surface area (Å²) < 4.78 is 26.8. The standard InChI is InChI=1S/C11H19N3O4S/c1-8(2)5-14-6-10(12-7-14)19(17,18)13(4)9(3)11(15)16/h6-9H,5H2,1-4H3,(H,15,16). The maximum absolute atomic E-state index is 12.2. The molecule has 1 rings (SSSR count). The summed E-state index contributed by atoms with van der Waals surface area (Å²) in [6.45, 7) is 5.98. The van der Waals surface area contributed by atoms with Crippen LogP contribution < -0.4 is 0 Å². The van der Waals surface area contributed by atoms with E-state index in [9.17, 15) is 13.2 Å². The van der Waals surface area contributed by atoms with E-state index in [0.717, 1.165) is 4.31 Å². The third-order valence-corrected chi connectivity index (χ3v) is 4.55. The highest BCUT2D eigenvalue weighted by Crippen LogP contribution is 2.15. The second kappa shape index (κ2) is 5.70. The summed E-state index contributed by atoms with van der Waals surface area (Å²) in [6.07, 6.45) is 2.85. The zero-order chi connectivity index (χ0) is 14.8. The lowest BCUT2D eigenvalue weighted by Gasteiger charge is -2.19. The van der Waals surface area contributed by atoms with Gasteiger partial charge in [0.05, 0.1) is 6.33 Å². The molecule has 0 fully saturated rings.